The Morgan fingerprint density at radius 2 is 1.94 bits per heavy atom. The molecule has 0 aliphatic carbocycles. The molecule has 0 aromatic heterocycles. The third-order valence-corrected chi connectivity index (χ3v) is 2.66. The summed E-state index contributed by atoms with van der Waals surface area (Å²) in [5.41, 5.74) is 0.168. The largest absolute Gasteiger partial charge is 0.465 e. The second-order valence-electron chi connectivity index (χ2n) is 2.85. The molecule has 0 aliphatic rings. The first-order valence-corrected chi connectivity index (χ1v) is 5.07. The second kappa shape index (κ2) is 5.18. The summed E-state index contributed by atoms with van der Waals surface area (Å²) in [5.74, 6) is -1.08. The van der Waals surface area contributed by atoms with Gasteiger partial charge in [0.2, 0.25) is 0 Å². The topological polar surface area (TPSA) is 55.4 Å². The molecule has 0 radical (unpaired) electrons. The fourth-order valence-corrected chi connectivity index (χ4v) is 1.77. The maximum atomic E-state index is 11.5. The number of amides is 1. The molecule has 1 rings (SSSR count). The molecule has 1 aromatic carbocycles. The van der Waals surface area contributed by atoms with Gasteiger partial charge in [0.25, 0.3) is 5.91 Å². The van der Waals surface area contributed by atoms with Crippen molar-refractivity contribution in [3.63, 3.8) is 0 Å². The summed E-state index contributed by atoms with van der Waals surface area (Å²) in [6.07, 6.45) is 0. The zero-order valence-electron chi connectivity index (χ0n) is 8.64. The van der Waals surface area contributed by atoms with E-state index in [0.717, 1.165) is 0 Å². The van der Waals surface area contributed by atoms with Gasteiger partial charge in [0.05, 0.1) is 28.3 Å². The molecule has 1 aromatic rings. The lowest BCUT2D eigenvalue weighted by Crippen LogP contribution is -2.19. The van der Waals surface area contributed by atoms with E-state index in [1.807, 2.05) is 0 Å². The second-order valence-corrected chi connectivity index (χ2v) is 3.64. The number of benzene rings is 1. The van der Waals surface area contributed by atoms with Gasteiger partial charge < -0.3 is 10.1 Å². The van der Waals surface area contributed by atoms with Gasteiger partial charge in [-0.05, 0) is 12.1 Å². The highest BCUT2D eigenvalue weighted by Crippen LogP contribution is 2.28. The minimum atomic E-state index is -0.619. The molecule has 6 heteroatoms. The van der Waals surface area contributed by atoms with Crippen molar-refractivity contribution in [2.75, 3.05) is 14.2 Å². The summed E-state index contributed by atoms with van der Waals surface area (Å²) in [6, 6.07) is 2.83. The van der Waals surface area contributed by atoms with Crippen LogP contribution in [0.15, 0.2) is 12.1 Å². The SMILES string of the molecule is CNC(=O)c1c(Cl)ccc(C(=O)OC)c1Cl. The molecule has 16 heavy (non-hydrogen) atoms. The molecular formula is C10H9Cl2NO3. The zero-order chi connectivity index (χ0) is 12.3. The number of carbonyl (C=O) groups excluding carboxylic acids is 2. The molecule has 0 heterocycles. The van der Waals surface area contributed by atoms with Crippen molar-refractivity contribution in [2.24, 2.45) is 0 Å². The normalized spacial score (nSPS) is 9.75. The summed E-state index contributed by atoms with van der Waals surface area (Å²) < 4.78 is 4.53. The van der Waals surface area contributed by atoms with E-state index >= 15 is 0 Å². The van der Waals surface area contributed by atoms with Crippen LogP contribution < -0.4 is 5.32 Å². The Bertz CT molecular complexity index is 446. The molecule has 1 N–H and O–H groups in total. The molecule has 0 unspecified atom stereocenters. The third-order valence-electron chi connectivity index (χ3n) is 1.95. The first kappa shape index (κ1) is 12.8. The number of halogens is 2. The number of carbonyl (C=O) groups is 2. The Labute approximate surface area is 102 Å². The summed E-state index contributed by atoms with van der Waals surface area (Å²) in [4.78, 5) is 22.8. The highest BCUT2D eigenvalue weighted by atomic mass is 35.5. The van der Waals surface area contributed by atoms with Crippen molar-refractivity contribution < 1.29 is 14.3 Å². The molecule has 0 aliphatic heterocycles. The fraction of sp³-hybridized carbons (Fsp3) is 0.200. The van der Waals surface area contributed by atoms with Crippen molar-refractivity contribution in [1.29, 1.82) is 0 Å². The number of hydrogen-bond acceptors (Lipinski definition) is 3. The Kier molecular flexibility index (Phi) is 4.15. The van der Waals surface area contributed by atoms with Crippen molar-refractivity contribution in [1.82, 2.24) is 5.32 Å². The predicted octanol–water partition coefficient (Wildman–Crippen LogP) is 2.14. The first-order valence-electron chi connectivity index (χ1n) is 4.31. The zero-order valence-corrected chi connectivity index (χ0v) is 10.1. The van der Waals surface area contributed by atoms with Gasteiger partial charge in [-0.25, -0.2) is 4.79 Å². The van der Waals surface area contributed by atoms with Crippen molar-refractivity contribution in [3.05, 3.63) is 33.3 Å². The van der Waals surface area contributed by atoms with Gasteiger partial charge in [0.15, 0.2) is 0 Å². The van der Waals surface area contributed by atoms with Gasteiger partial charge >= 0.3 is 5.97 Å². The minimum Gasteiger partial charge on any atom is -0.465 e. The molecule has 0 bridgehead atoms. The number of rotatable bonds is 2. The van der Waals surface area contributed by atoms with Gasteiger partial charge in [-0.1, -0.05) is 23.2 Å². The number of nitrogens with one attached hydrogen (secondary N) is 1. The van der Waals surface area contributed by atoms with E-state index in [2.05, 4.69) is 10.1 Å². The summed E-state index contributed by atoms with van der Waals surface area (Å²) in [5, 5.41) is 2.55. The predicted molar refractivity (Wildman–Crippen MR) is 61.2 cm³/mol. The lowest BCUT2D eigenvalue weighted by molar-refractivity contribution is 0.0601. The summed E-state index contributed by atoms with van der Waals surface area (Å²) in [7, 11) is 2.67. The average molecular weight is 262 g/mol. The van der Waals surface area contributed by atoms with E-state index in [1.165, 1.54) is 26.3 Å². The number of esters is 1. The molecule has 86 valence electrons. The van der Waals surface area contributed by atoms with Crippen LogP contribution in [0.1, 0.15) is 20.7 Å². The minimum absolute atomic E-state index is 0.0151. The number of hydrogen-bond donors (Lipinski definition) is 1. The van der Waals surface area contributed by atoms with Crippen LogP contribution in [0, 0.1) is 0 Å². The van der Waals surface area contributed by atoms with E-state index in [1.54, 1.807) is 0 Å². The highest BCUT2D eigenvalue weighted by molar-refractivity contribution is 6.41. The Morgan fingerprint density at radius 1 is 1.31 bits per heavy atom. The monoisotopic (exact) mass is 261 g/mol. The van der Waals surface area contributed by atoms with Crippen LogP contribution in [0.4, 0.5) is 0 Å². The van der Waals surface area contributed by atoms with Gasteiger partial charge in [0.1, 0.15) is 0 Å². The quantitative estimate of drug-likeness (QED) is 0.831. The van der Waals surface area contributed by atoms with Crippen molar-refractivity contribution in [2.45, 2.75) is 0 Å². The van der Waals surface area contributed by atoms with Crippen molar-refractivity contribution >= 4 is 35.1 Å². The molecule has 0 fully saturated rings. The van der Waals surface area contributed by atoms with Crippen LogP contribution in [-0.2, 0) is 4.74 Å². The van der Waals surface area contributed by atoms with E-state index in [4.69, 9.17) is 23.2 Å². The molecule has 4 nitrogen and oxygen atoms in total. The lowest BCUT2D eigenvalue weighted by Gasteiger charge is -2.08. The lowest BCUT2D eigenvalue weighted by atomic mass is 10.1. The van der Waals surface area contributed by atoms with E-state index in [9.17, 15) is 9.59 Å². The molecular weight excluding hydrogens is 253 g/mol. The molecule has 0 atom stereocenters. The van der Waals surface area contributed by atoms with E-state index in [-0.39, 0.29) is 21.2 Å². The van der Waals surface area contributed by atoms with E-state index in [0.29, 0.717) is 0 Å². The van der Waals surface area contributed by atoms with Crippen LogP contribution in [-0.4, -0.2) is 26.0 Å². The maximum Gasteiger partial charge on any atom is 0.339 e. The third kappa shape index (κ3) is 2.28. The van der Waals surface area contributed by atoms with Gasteiger partial charge in [-0.3, -0.25) is 4.79 Å². The van der Waals surface area contributed by atoms with E-state index < -0.39 is 11.9 Å². The van der Waals surface area contributed by atoms with Crippen LogP contribution in [0.5, 0.6) is 0 Å². The Morgan fingerprint density at radius 3 is 2.44 bits per heavy atom. The summed E-state index contributed by atoms with van der Waals surface area (Å²) in [6.45, 7) is 0. The summed E-state index contributed by atoms with van der Waals surface area (Å²) >= 11 is 11.7. The molecule has 0 spiro atoms. The van der Waals surface area contributed by atoms with Crippen LogP contribution in [0.25, 0.3) is 0 Å². The first-order chi connectivity index (χ1) is 7.52. The van der Waals surface area contributed by atoms with Crippen LogP contribution in [0.2, 0.25) is 10.0 Å². The number of methoxy groups -OCH3 is 1. The van der Waals surface area contributed by atoms with Gasteiger partial charge in [0, 0.05) is 7.05 Å². The smallest absolute Gasteiger partial charge is 0.339 e. The highest BCUT2D eigenvalue weighted by Gasteiger charge is 2.20. The Hall–Kier alpha value is -1.26. The van der Waals surface area contributed by atoms with Gasteiger partial charge in [-0.15, -0.1) is 0 Å². The number of ether oxygens (including phenoxy) is 1. The fourth-order valence-electron chi connectivity index (χ4n) is 1.15. The molecule has 0 saturated heterocycles. The Balaban J connectivity index is 3.38. The molecule has 1 amide bonds. The van der Waals surface area contributed by atoms with Crippen LogP contribution >= 0.6 is 23.2 Å². The maximum absolute atomic E-state index is 11.5. The standard InChI is InChI=1S/C10H9Cl2NO3/c1-13-9(14)7-6(11)4-3-5(8(7)12)10(15)16-2/h3-4H,1-2H3,(H,13,14). The molecule has 0 saturated carbocycles. The average Bonchev–Trinajstić information content (AvgIpc) is 2.28. The van der Waals surface area contributed by atoms with Crippen LogP contribution in [0.3, 0.4) is 0 Å². The van der Waals surface area contributed by atoms with Gasteiger partial charge in [-0.2, -0.15) is 0 Å². The van der Waals surface area contributed by atoms with Crippen molar-refractivity contribution in [3.8, 4) is 0 Å².